The molecule has 0 bridgehead atoms. The highest BCUT2D eigenvalue weighted by Gasteiger charge is 2.35. The lowest BCUT2D eigenvalue weighted by molar-refractivity contribution is 0.0457. The summed E-state index contributed by atoms with van der Waals surface area (Å²) in [6.07, 6.45) is 5.06. The fraction of sp³-hybridized carbons (Fsp3) is 0.583. The molecular weight excluding hydrogens is 332 g/mol. The predicted molar refractivity (Wildman–Crippen MR) is 75.3 cm³/mol. The van der Waals surface area contributed by atoms with Crippen molar-refractivity contribution in [1.29, 1.82) is 0 Å². The van der Waals surface area contributed by atoms with Crippen LogP contribution in [0.15, 0.2) is 27.8 Å². The van der Waals surface area contributed by atoms with Crippen molar-refractivity contribution in [1.82, 2.24) is 9.71 Å². The van der Waals surface area contributed by atoms with Crippen molar-refractivity contribution < 1.29 is 13.2 Å². The first kappa shape index (κ1) is 14.9. The van der Waals surface area contributed by atoms with Gasteiger partial charge in [-0.2, -0.15) is 0 Å². The quantitative estimate of drug-likeness (QED) is 0.904. The van der Waals surface area contributed by atoms with Gasteiger partial charge < -0.3 is 4.74 Å². The minimum Gasteiger partial charge on any atom is -0.381 e. The van der Waals surface area contributed by atoms with Gasteiger partial charge in [0.15, 0.2) is 0 Å². The summed E-state index contributed by atoms with van der Waals surface area (Å²) in [5.41, 5.74) is -0.403. The van der Waals surface area contributed by atoms with E-state index >= 15 is 0 Å². The van der Waals surface area contributed by atoms with Crippen molar-refractivity contribution in [2.24, 2.45) is 0 Å². The molecule has 1 aromatic heterocycles. The Hall–Kier alpha value is -0.500. The van der Waals surface area contributed by atoms with Gasteiger partial charge in [-0.3, -0.25) is 4.98 Å². The Kier molecular flexibility index (Phi) is 4.60. The third-order valence-electron chi connectivity index (χ3n) is 3.47. The molecule has 1 saturated heterocycles. The van der Waals surface area contributed by atoms with E-state index < -0.39 is 15.6 Å². The van der Waals surface area contributed by atoms with Crippen LogP contribution in [0.4, 0.5) is 0 Å². The summed E-state index contributed by atoms with van der Waals surface area (Å²) >= 11 is 3.24. The van der Waals surface area contributed by atoms with Crippen LogP contribution in [0, 0.1) is 0 Å². The van der Waals surface area contributed by atoms with E-state index in [0.717, 1.165) is 6.42 Å². The van der Waals surface area contributed by atoms with Crippen molar-refractivity contribution in [3.05, 3.63) is 22.9 Å². The second-order valence-corrected chi connectivity index (χ2v) is 7.29. The maximum Gasteiger partial charge on any atom is 0.242 e. The molecule has 2 rings (SSSR count). The molecule has 0 amide bonds. The third kappa shape index (κ3) is 3.53. The van der Waals surface area contributed by atoms with Gasteiger partial charge in [-0.1, -0.05) is 6.92 Å². The van der Waals surface area contributed by atoms with Gasteiger partial charge in [0.25, 0.3) is 0 Å². The first-order valence-electron chi connectivity index (χ1n) is 6.20. The highest BCUT2D eigenvalue weighted by molar-refractivity contribution is 9.10. The molecule has 5 nitrogen and oxygen atoms in total. The topological polar surface area (TPSA) is 68.3 Å². The second-order valence-electron chi connectivity index (χ2n) is 4.69. The summed E-state index contributed by atoms with van der Waals surface area (Å²) in [6.45, 7) is 3.17. The number of aromatic nitrogens is 1. The van der Waals surface area contributed by atoms with Gasteiger partial charge >= 0.3 is 0 Å². The van der Waals surface area contributed by atoms with Crippen LogP contribution >= 0.6 is 15.9 Å². The van der Waals surface area contributed by atoms with Gasteiger partial charge in [0.2, 0.25) is 10.0 Å². The Bertz CT molecular complexity index is 542. The zero-order chi connectivity index (χ0) is 13.9. The van der Waals surface area contributed by atoms with E-state index in [0.29, 0.717) is 30.5 Å². The summed E-state index contributed by atoms with van der Waals surface area (Å²) in [4.78, 5) is 4.08. The average molecular weight is 349 g/mol. The lowest BCUT2D eigenvalue weighted by atomic mass is 9.89. The number of hydrogen-bond acceptors (Lipinski definition) is 4. The Balaban J connectivity index is 2.25. The van der Waals surface area contributed by atoms with E-state index in [-0.39, 0.29) is 4.90 Å². The lowest BCUT2D eigenvalue weighted by Gasteiger charge is -2.36. The van der Waals surface area contributed by atoms with E-state index in [1.54, 1.807) is 12.3 Å². The van der Waals surface area contributed by atoms with E-state index in [4.69, 9.17) is 4.74 Å². The molecule has 1 aliphatic heterocycles. The summed E-state index contributed by atoms with van der Waals surface area (Å²) in [5.74, 6) is 0. The first-order valence-corrected chi connectivity index (χ1v) is 8.47. The standard InChI is InChI=1S/C12H17BrN2O3S/c1-2-12(3-5-18-6-4-12)15-19(16,17)11-7-10(13)8-14-9-11/h7-9,15H,2-6H2,1H3. The molecular formula is C12H17BrN2O3S. The zero-order valence-corrected chi connectivity index (χ0v) is 13.1. The van der Waals surface area contributed by atoms with Gasteiger partial charge in [0.05, 0.1) is 0 Å². The maximum absolute atomic E-state index is 12.4. The molecule has 106 valence electrons. The molecule has 1 fully saturated rings. The molecule has 2 heterocycles. The molecule has 0 saturated carbocycles. The summed E-state index contributed by atoms with van der Waals surface area (Å²) in [6, 6.07) is 1.55. The molecule has 0 unspecified atom stereocenters. The highest BCUT2D eigenvalue weighted by atomic mass is 79.9. The SMILES string of the molecule is CCC1(NS(=O)(=O)c2cncc(Br)c2)CCOCC1. The van der Waals surface area contributed by atoms with Gasteiger partial charge in [0.1, 0.15) is 4.90 Å². The fourth-order valence-corrected chi connectivity index (χ4v) is 4.21. The molecule has 0 atom stereocenters. The Labute approximate surface area is 121 Å². The lowest BCUT2D eigenvalue weighted by Crippen LogP contribution is -2.51. The predicted octanol–water partition coefficient (Wildman–Crippen LogP) is 2.08. The minimum absolute atomic E-state index is 0.182. The van der Waals surface area contributed by atoms with Gasteiger partial charge in [-0.15, -0.1) is 0 Å². The van der Waals surface area contributed by atoms with E-state index in [2.05, 4.69) is 25.6 Å². The van der Waals surface area contributed by atoms with Crippen LogP contribution in [0.2, 0.25) is 0 Å². The van der Waals surface area contributed by atoms with Crippen molar-refractivity contribution in [2.75, 3.05) is 13.2 Å². The van der Waals surface area contributed by atoms with Crippen LogP contribution < -0.4 is 4.72 Å². The van der Waals surface area contributed by atoms with Crippen molar-refractivity contribution in [3.63, 3.8) is 0 Å². The number of hydrogen-bond donors (Lipinski definition) is 1. The Morgan fingerprint density at radius 1 is 1.42 bits per heavy atom. The molecule has 0 spiro atoms. The largest absolute Gasteiger partial charge is 0.381 e. The van der Waals surface area contributed by atoms with E-state index in [9.17, 15) is 8.42 Å². The number of nitrogens with zero attached hydrogens (tertiary/aromatic N) is 1. The summed E-state index contributed by atoms with van der Waals surface area (Å²) < 4.78 is 33.6. The summed E-state index contributed by atoms with van der Waals surface area (Å²) in [7, 11) is -3.55. The number of pyridine rings is 1. The highest BCUT2D eigenvalue weighted by Crippen LogP contribution is 2.27. The number of halogens is 1. The average Bonchev–Trinajstić information content (AvgIpc) is 2.39. The number of nitrogens with one attached hydrogen (secondary N) is 1. The smallest absolute Gasteiger partial charge is 0.242 e. The molecule has 0 radical (unpaired) electrons. The number of ether oxygens (including phenoxy) is 1. The molecule has 1 aliphatic rings. The first-order chi connectivity index (χ1) is 8.97. The Morgan fingerprint density at radius 2 is 2.11 bits per heavy atom. The summed E-state index contributed by atoms with van der Waals surface area (Å²) in [5, 5.41) is 0. The zero-order valence-electron chi connectivity index (χ0n) is 10.7. The molecule has 19 heavy (non-hydrogen) atoms. The van der Waals surface area contributed by atoms with Crippen molar-refractivity contribution in [3.8, 4) is 0 Å². The maximum atomic E-state index is 12.4. The van der Waals surface area contributed by atoms with Crippen LogP contribution in [-0.4, -0.2) is 32.2 Å². The molecule has 1 N–H and O–H groups in total. The number of rotatable bonds is 4. The van der Waals surface area contributed by atoms with Gasteiger partial charge in [0, 0.05) is 35.6 Å². The molecule has 1 aromatic rings. The van der Waals surface area contributed by atoms with E-state index in [1.165, 1.54) is 6.20 Å². The Morgan fingerprint density at radius 3 is 2.68 bits per heavy atom. The van der Waals surface area contributed by atoms with Crippen LogP contribution in [0.3, 0.4) is 0 Å². The van der Waals surface area contributed by atoms with E-state index in [1.807, 2.05) is 6.92 Å². The molecule has 7 heteroatoms. The monoisotopic (exact) mass is 348 g/mol. The minimum atomic E-state index is -3.55. The molecule has 0 aliphatic carbocycles. The second kappa shape index (κ2) is 5.87. The fourth-order valence-electron chi connectivity index (χ4n) is 2.17. The van der Waals surface area contributed by atoms with Gasteiger partial charge in [-0.05, 0) is 41.3 Å². The van der Waals surface area contributed by atoms with Crippen molar-refractivity contribution in [2.45, 2.75) is 36.6 Å². The molecule has 0 aromatic carbocycles. The van der Waals surface area contributed by atoms with Gasteiger partial charge in [-0.25, -0.2) is 13.1 Å². The van der Waals surface area contributed by atoms with Crippen LogP contribution in [0.5, 0.6) is 0 Å². The third-order valence-corrected chi connectivity index (χ3v) is 5.45. The normalized spacial score (nSPS) is 19.3. The van der Waals surface area contributed by atoms with Crippen LogP contribution in [-0.2, 0) is 14.8 Å². The number of sulfonamides is 1. The van der Waals surface area contributed by atoms with Crippen LogP contribution in [0.1, 0.15) is 26.2 Å². The van der Waals surface area contributed by atoms with Crippen molar-refractivity contribution >= 4 is 26.0 Å². The van der Waals surface area contributed by atoms with Crippen LogP contribution in [0.25, 0.3) is 0 Å².